The average Bonchev–Trinajstić information content (AvgIpc) is 2.66. The summed E-state index contributed by atoms with van der Waals surface area (Å²) in [7, 11) is -3.37. The summed E-state index contributed by atoms with van der Waals surface area (Å²) < 4.78 is 24.0. The zero-order valence-corrected chi connectivity index (χ0v) is 16.5. The summed E-state index contributed by atoms with van der Waals surface area (Å²) in [6.07, 6.45) is 0.982. The number of sulfone groups is 1. The van der Waals surface area contributed by atoms with Crippen LogP contribution in [-0.4, -0.2) is 31.9 Å². The standard InChI is InChI=1S/C22H25NO3S/c1-14(2)27(25,26)13-21(24)23-12-15-11-20-16-7-3-5-9-18(16)22(15)19-10-6-4-8-17(19)20/h3-10,14-15,20,22H,11-13H2,1-2H3,(H,23,24)/t15-,20?,22?/m1/s1. The van der Waals surface area contributed by atoms with Crippen molar-refractivity contribution in [1.82, 2.24) is 5.32 Å². The van der Waals surface area contributed by atoms with Crippen LogP contribution in [0.1, 0.15) is 54.4 Å². The molecule has 5 heteroatoms. The van der Waals surface area contributed by atoms with Crippen molar-refractivity contribution < 1.29 is 13.2 Å². The molecule has 27 heavy (non-hydrogen) atoms. The number of rotatable bonds is 5. The van der Waals surface area contributed by atoms with E-state index in [1.54, 1.807) is 13.8 Å². The van der Waals surface area contributed by atoms with E-state index in [-0.39, 0.29) is 11.8 Å². The van der Waals surface area contributed by atoms with Gasteiger partial charge in [0.1, 0.15) is 5.75 Å². The van der Waals surface area contributed by atoms with E-state index in [0.717, 1.165) is 6.42 Å². The molecule has 3 aliphatic carbocycles. The molecule has 5 rings (SSSR count). The zero-order valence-electron chi connectivity index (χ0n) is 15.7. The third-order valence-corrected chi connectivity index (χ3v) is 8.14. The van der Waals surface area contributed by atoms with E-state index in [2.05, 4.69) is 53.8 Å². The van der Waals surface area contributed by atoms with Crippen LogP contribution in [0.15, 0.2) is 48.5 Å². The maximum absolute atomic E-state index is 12.2. The van der Waals surface area contributed by atoms with Crippen LogP contribution in [0.5, 0.6) is 0 Å². The van der Waals surface area contributed by atoms with Crippen molar-refractivity contribution in [2.24, 2.45) is 5.92 Å². The van der Waals surface area contributed by atoms with Crippen LogP contribution >= 0.6 is 0 Å². The molecule has 0 aromatic heterocycles. The van der Waals surface area contributed by atoms with E-state index >= 15 is 0 Å². The maximum atomic E-state index is 12.2. The Morgan fingerprint density at radius 3 is 2.04 bits per heavy atom. The Hall–Kier alpha value is -2.14. The molecule has 2 aromatic rings. The number of carbonyl (C=O) groups excluding carboxylic acids is 1. The van der Waals surface area contributed by atoms with E-state index < -0.39 is 26.7 Å². The Bertz CT molecular complexity index is 933. The fraction of sp³-hybridized carbons (Fsp3) is 0.409. The molecule has 0 spiro atoms. The van der Waals surface area contributed by atoms with Crippen molar-refractivity contribution in [2.45, 2.75) is 37.4 Å². The van der Waals surface area contributed by atoms with Gasteiger partial charge in [0.2, 0.25) is 5.91 Å². The summed E-state index contributed by atoms with van der Waals surface area (Å²) in [5.41, 5.74) is 5.49. The minimum absolute atomic E-state index is 0.254. The van der Waals surface area contributed by atoms with Crippen LogP contribution in [0.25, 0.3) is 0 Å². The molecular formula is C22H25NO3S. The predicted molar refractivity (Wildman–Crippen MR) is 107 cm³/mol. The molecule has 0 heterocycles. The number of fused-ring (bicyclic) bond motifs is 1. The lowest BCUT2D eigenvalue weighted by molar-refractivity contribution is -0.118. The van der Waals surface area contributed by atoms with Crippen molar-refractivity contribution in [2.75, 3.05) is 12.3 Å². The lowest BCUT2D eigenvalue weighted by atomic mass is 9.59. The third kappa shape index (κ3) is 3.18. The van der Waals surface area contributed by atoms with Gasteiger partial charge < -0.3 is 5.32 Å². The summed E-state index contributed by atoms with van der Waals surface area (Å²) in [5, 5.41) is 2.36. The van der Waals surface area contributed by atoms with Crippen LogP contribution in [0.2, 0.25) is 0 Å². The third-order valence-electron chi connectivity index (χ3n) is 6.03. The van der Waals surface area contributed by atoms with Gasteiger partial charge in [-0.25, -0.2) is 8.42 Å². The summed E-state index contributed by atoms with van der Waals surface area (Å²) in [6.45, 7) is 3.73. The molecule has 0 saturated heterocycles. The first-order valence-electron chi connectivity index (χ1n) is 9.54. The van der Waals surface area contributed by atoms with E-state index in [4.69, 9.17) is 0 Å². The lowest BCUT2D eigenvalue weighted by Gasteiger charge is -2.45. The molecule has 142 valence electrons. The van der Waals surface area contributed by atoms with Gasteiger partial charge in [0, 0.05) is 18.4 Å². The molecule has 2 bridgehead atoms. The highest BCUT2D eigenvalue weighted by Crippen LogP contribution is 2.55. The fourth-order valence-electron chi connectivity index (χ4n) is 4.61. The van der Waals surface area contributed by atoms with Gasteiger partial charge in [-0.05, 0) is 48.4 Å². The van der Waals surface area contributed by atoms with Crippen molar-refractivity contribution in [1.29, 1.82) is 0 Å². The molecule has 1 atom stereocenters. The first-order chi connectivity index (χ1) is 12.9. The van der Waals surface area contributed by atoms with E-state index in [9.17, 15) is 13.2 Å². The monoisotopic (exact) mass is 383 g/mol. The number of hydrogen-bond donors (Lipinski definition) is 1. The van der Waals surface area contributed by atoms with Gasteiger partial charge in [0.05, 0.1) is 5.25 Å². The van der Waals surface area contributed by atoms with Gasteiger partial charge in [-0.15, -0.1) is 0 Å². The second kappa shape index (κ2) is 6.79. The molecule has 0 radical (unpaired) electrons. The van der Waals surface area contributed by atoms with Crippen molar-refractivity contribution >= 4 is 15.7 Å². The largest absolute Gasteiger partial charge is 0.355 e. The smallest absolute Gasteiger partial charge is 0.235 e. The molecule has 0 aliphatic heterocycles. The van der Waals surface area contributed by atoms with E-state index in [0.29, 0.717) is 12.5 Å². The second-order valence-electron chi connectivity index (χ2n) is 7.94. The Morgan fingerprint density at radius 1 is 1.00 bits per heavy atom. The van der Waals surface area contributed by atoms with E-state index in [1.807, 2.05) is 0 Å². The molecule has 0 saturated carbocycles. The number of benzene rings is 2. The Balaban J connectivity index is 1.56. The fourth-order valence-corrected chi connectivity index (χ4v) is 5.41. The van der Waals surface area contributed by atoms with Gasteiger partial charge in [-0.1, -0.05) is 48.5 Å². The highest BCUT2D eigenvalue weighted by Gasteiger charge is 2.42. The molecule has 0 fully saturated rings. The quantitative estimate of drug-likeness (QED) is 0.862. The van der Waals surface area contributed by atoms with Crippen LogP contribution in [0.4, 0.5) is 0 Å². The molecule has 1 N–H and O–H groups in total. The van der Waals surface area contributed by atoms with E-state index in [1.165, 1.54) is 22.3 Å². The number of amides is 1. The molecule has 4 nitrogen and oxygen atoms in total. The van der Waals surface area contributed by atoms with Crippen molar-refractivity contribution in [3.05, 3.63) is 70.8 Å². The molecule has 2 aromatic carbocycles. The molecule has 3 aliphatic rings. The average molecular weight is 384 g/mol. The zero-order chi connectivity index (χ0) is 19.2. The van der Waals surface area contributed by atoms with Gasteiger partial charge in [0.15, 0.2) is 9.84 Å². The minimum atomic E-state index is -3.37. The van der Waals surface area contributed by atoms with Crippen LogP contribution in [0.3, 0.4) is 0 Å². The number of nitrogens with one attached hydrogen (secondary N) is 1. The first kappa shape index (κ1) is 18.2. The predicted octanol–water partition coefficient (Wildman–Crippen LogP) is 3.22. The molecular weight excluding hydrogens is 358 g/mol. The number of hydrogen-bond acceptors (Lipinski definition) is 3. The van der Waals surface area contributed by atoms with Crippen LogP contribution < -0.4 is 5.32 Å². The first-order valence-corrected chi connectivity index (χ1v) is 11.3. The maximum Gasteiger partial charge on any atom is 0.235 e. The summed E-state index contributed by atoms with van der Waals surface area (Å²) in [5.74, 6) is 0.0592. The summed E-state index contributed by atoms with van der Waals surface area (Å²) in [4.78, 5) is 12.2. The molecule has 1 amide bonds. The van der Waals surface area contributed by atoms with Gasteiger partial charge in [-0.3, -0.25) is 4.79 Å². The Labute approximate surface area is 160 Å². The van der Waals surface area contributed by atoms with Crippen molar-refractivity contribution in [3.8, 4) is 0 Å². The highest BCUT2D eigenvalue weighted by atomic mass is 32.2. The minimum Gasteiger partial charge on any atom is -0.355 e. The Kier molecular flexibility index (Phi) is 4.58. The second-order valence-corrected chi connectivity index (χ2v) is 10.5. The van der Waals surface area contributed by atoms with Gasteiger partial charge in [0.25, 0.3) is 0 Å². The Morgan fingerprint density at radius 2 is 1.52 bits per heavy atom. The SMILES string of the molecule is CC(C)S(=O)(=O)CC(=O)NC[C@H]1CC2c3ccccc3C1c1ccccc12. The summed E-state index contributed by atoms with van der Waals surface area (Å²) >= 11 is 0. The lowest BCUT2D eigenvalue weighted by Crippen LogP contribution is -2.41. The normalized spacial score (nSPS) is 23.0. The summed E-state index contributed by atoms with van der Waals surface area (Å²) in [6, 6.07) is 17.2. The van der Waals surface area contributed by atoms with Crippen LogP contribution in [-0.2, 0) is 14.6 Å². The van der Waals surface area contributed by atoms with Gasteiger partial charge >= 0.3 is 0 Å². The number of carbonyl (C=O) groups is 1. The van der Waals surface area contributed by atoms with Crippen molar-refractivity contribution in [3.63, 3.8) is 0 Å². The van der Waals surface area contributed by atoms with Crippen LogP contribution in [0, 0.1) is 5.92 Å². The topological polar surface area (TPSA) is 63.2 Å². The highest BCUT2D eigenvalue weighted by molar-refractivity contribution is 7.92. The molecule has 0 unspecified atom stereocenters. The van der Waals surface area contributed by atoms with Gasteiger partial charge in [-0.2, -0.15) is 0 Å².